The molecule has 116 valence electrons. The van der Waals surface area contributed by atoms with Crippen LogP contribution in [-0.2, 0) is 16.6 Å². The summed E-state index contributed by atoms with van der Waals surface area (Å²) in [6, 6.07) is 1.42. The van der Waals surface area contributed by atoms with E-state index in [-0.39, 0.29) is 10.9 Å². The first-order valence-electron chi connectivity index (χ1n) is 6.73. The van der Waals surface area contributed by atoms with Gasteiger partial charge in [0.05, 0.1) is 6.54 Å². The summed E-state index contributed by atoms with van der Waals surface area (Å²) in [5.74, 6) is 1.05. The highest BCUT2D eigenvalue weighted by molar-refractivity contribution is 7.89. The Labute approximate surface area is 121 Å². The van der Waals surface area contributed by atoms with Crippen LogP contribution in [0.25, 0.3) is 0 Å². The molecule has 1 aromatic rings. The molecule has 1 aromatic heterocycles. The molecule has 1 heterocycles. The van der Waals surface area contributed by atoms with Crippen molar-refractivity contribution >= 4 is 10.0 Å². The van der Waals surface area contributed by atoms with Crippen molar-refractivity contribution in [3.8, 4) is 0 Å². The van der Waals surface area contributed by atoms with E-state index < -0.39 is 10.0 Å². The van der Waals surface area contributed by atoms with Gasteiger partial charge in [0, 0.05) is 18.7 Å². The predicted octanol–water partition coefficient (Wildman–Crippen LogP) is 0.926. The van der Waals surface area contributed by atoms with E-state index in [0.717, 1.165) is 6.54 Å². The molecule has 0 radical (unpaired) electrons. The molecule has 0 bridgehead atoms. The van der Waals surface area contributed by atoms with Gasteiger partial charge in [0.15, 0.2) is 0 Å². The van der Waals surface area contributed by atoms with E-state index in [4.69, 9.17) is 4.42 Å². The molecule has 0 saturated carbocycles. The Morgan fingerprint density at radius 2 is 2.05 bits per heavy atom. The number of rotatable bonds is 8. The van der Waals surface area contributed by atoms with Crippen LogP contribution in [0.3, 0.4) is 0 Å². The van der Waals surface area contributed by atoms with Crippen LogP contribution >= 0.6 is 0 Å². The smallest absolute Gasteiger partial charge is 0.244 e. The Hall–Kier alpha value is -0.890. The number of furan rings is 1. The molecule has 0 aliphatic rings. The van der Waals surface area contributed by atoms with E-state index in [1.54, 1.807) is 13.0 Å². The number of aryl methyl sites for hydroxylation is 1. The number of nitrogens with zero attached hydrogens (tertiary/aromatic N) is 1. The third-order valence-corrected chi connectivity index (χ3v) is 4.45. The maximum absolute atomic E-state index is 12.3. The van der Waals surface area contributed by atoms with Gasteiger partial charge in [-0.2, -0.15) is 0 Å². The van der Waals surface area contributed by atoms with Gasteiger partial charge in [0.25, 0.3) is 0 Å². The molecule has 6 nitrogen and oxygen atoms in total. The van der Waals surface area contributed by atoms with Crippen LogP contribution in [0.4, 0.5) is 0 Å². The highest BCUT2D eigenvalue weighted by Gasteiger charge is 2.23. The lowest BCUT2D eigenvalue weighted by atomic mass is 10.3. The molecule has 2 N–H and O–H groups in total. The standard InChI is InChI=1S/C13H25N3O3S/c1-6-14-8-12-7-13(11(3)19-12)20(17,18)15-10(2)9-16(4)5/h7,10,14-15H,6,8-9H2,1-5H3. The number of hydrogen-bond donors (Lipinski definition) is 2. The van der Waals surface area contributed by atoms with Crippen LogP contribution in [-0.4, -0.2) is 46.5 Å². The molecule has 1 unspecified atom stereocenters. The molecule has 0 aliphatic carbocycles. The van der Waals surface area contributed by atoms with Gasteiger partial charge in [0.2, 0.25) is 10.0 Å². The van der Waals surface area contributed by atoms with Crippen LogP contribution in [0.5, 0.6) is 0 Å². The van der Waals surface area contributed by atoms with Gasteiger partial charge < -0.3 is 14.6 Å². The highest BCUT2D eigenvalue weighted by atomic mass is 32.2. The van der Waals surface area contributed by atoms with E-state index in [1.165, 1.54) is 0 Å². The van der Waals surface area contributed by atoms with Crippen LogP contribution in [0.15, 0.2) is 15.4 Å². The molecule has 1 atom stereocenters. The van der Waals surface area contributed by atoms with Gasteiger partial charge >= 0.3 is 0 Å². The zero-order chi connectivity index (χ0) is 15.3. The van der Waals surface area contributed by atoms with E-state index in [9.17, 15) is 8.42 Å². The molecule has 0 saturated heterocycles. The second-order valence-electron chi connectivity index (χ2n) is 5.20. The van der Waals surface area contributed by atoms with Crippen molar-refractivity contribution in [1.82, 2.24) is 14.9 Å². The molecule has 0 amide bonds. The quantitative estimate of drug-likeness (QED) is 0.747. The number of likely N-dealkylation sites (N-methyl/N-ethyl adjacent to an activating group) is 1. The maximum atomic E-state index is 12.3. The average molecular weight is 303 g/mol. The number of sulfonamides is 1. The maximum Gasteiger partial charge on any atom is 0.244 e. The molecule has 0 aromatic carbocycles. The summed E-state index contributed by atoms with van der Waals surface area (Å²) in [7, 11) is 0.272. The zero-order valence-corrected chi connectivity index (χ0v) is 13.7. The third-order valence-electron chi connectivity index (χ3n) is 2.76. The fourth-order valence-electron chi connectivity index (χ4n) is 2.04. The number of nitrogens with one attached hydrogen (secondary N) is 2. The van der Waals surface area contributed by atoms with Crippen LogP contribution in [0.1, 0.15) is 25.4 Å². The highest BCUT2D eigenvalue weighted by Crippen LogP contribution is 2.20. The van der Waals surface area contributed by atoms with Crippen molar-refractivity contribution < 1.29 is 12.8 Å². The summed E-state index contributed by atoms with van der Waals surface area (Å²) in [4.78, 5) is 2.16. The summed E-state index contributed by atoms with van der Waals surface area (Å²) < 4.78 is 32.8. The third kappa shape index (κ3) is 4.90. The van der Waals surface area contributed by atoms with Crippen molar-refractivity contribution in [3.63, 3.8) is 0 Å². The van der Waals surface area contributed by atoms with Crippen molar-refractivity contribution in [1.29, 1.82) is 0 Å². The summed E-state index contributed by atoms with van der Waals surface area (Å²) in [5.41, 5.74) is 0. The predicted molar refractivity (Wildman–Crippen MR) is 79.2 cm³/mol. The minimum atomic E-state index is -3.54. The van der Waals surface area contributed by atoms with E-state index in [0.29, 0.717) is 24.6 Å². The van der Waals surface area contributed by atoms with E-state index >= 15 is 0 Å². The molecule has 1 rings (SSSR count). The van der Waals surface area contributed by atoms with Gasteiger partial charge in [-0.1, -0.05) is 6.92 Å². The lowest BCUT2D eigenvalue weighted by Gasteiger charge is -2.17. The topological polar surface area (TPSA) is 74.6 Å². The summed E-state index contributed by atoms with van der Waals surface area (Å²) in [6.45, 7) is 7.46. The lowest BCUT2D eigenvalue weighted by Crippen LogP contribution is -2.39. The molecule has 7 heteroatoms. The zero-order valence-electron chi connectivity index (χ0n) is 12.9. The average Bonchev–Trinajstić information content (AvgIpc) is 2.66. The van der Waals surface area contributed by atoms with Gasteiger partial charge in [-0.25, -0.2) is 13.1 Å². The Kier molecular flexibility index (Phi) is 6.19. The lowest BCUT2D eigenvalue weighted by molar-refractivity contribution is 0.370. The SMILES string of the molecule is CCNCc1cc(S(=O)(=O)NC(C)CN(C)C)c(C)o1. The monoisotopic (exact) mass is 303 g/mol. The summed E-state index contributed by atoms with van der Waals surface area (Å²) >= 11 is 0. The first kappa shape index (κ1) is 17.2. The molecule has 20 heavy (non-hydrogen) atoms. The van der Waals surface area contributed by atoms with Gasteiger partial charge in [-0.05, 0) is 34.5 Å². The van der Waals surface area contributed by atoms with Crippen molar-refractivity contribution in [2.24, 2.45) is 0 Å². The van der Waals surface area contributed by atoms with Crippen molar-refractivity contribution in [2.45, 2.75) is 38.3 Å². The fraction of sp³-hybridized carbons (Fsp3) is 0.692. The van der Waals surface area contributed by atoms with Crippen LogP contribution < -0.4 is 10.0 Å². The summed E-state index contributed by atoms with van der Waals surface area (Å²) in [5, 5.41) is 3.11. The minimum absolute atomic E-state index is 0.165. The first-order chi connectivity index (χ1) is 9.26. The van der Waals surface area contributed by atoms with E-state index in [1.807, 2.05) is 32.8 Å². The molecule has 0 fully saturated rings. The van der Waals surface area contributed by atoms with E-state index in [2.05, 4.69) is 10.0 Å². The van der Waals surface area contributed by atoms with Crippen molar-refractivity contribution in [2.75, 3.05) is 27.2 Å². The molecular formula is C13H25N3O3S. The fourth-order valence-corrected chi connectivity index (χ4v) is 3.48. The van der Waals surface area contributed by atoms with Crippen LogP contribution in [0.2, 0.25) is 0 Å². The van der Waals surface area contributed by atoms with Gasteiger partial charge in [-0.3, -0.25) is 0 Å². The second-order valence-corrected chi connectivity index (χ2v) is 6.88. The Morgan fingerprint density at radius 3 is 2.60 bits per heavy atom. The molecule has 0 spiro atoms. The Bertz CT molecular complexity index is 523. The summed E-state index contributed by atoms with van der Waals surface area (Å²) in [6.07, 6.45) is 0. The van der Waals surface area contributed by atoms with Gasteiger partial charge in [-0.15, -0.1) is 0 Å². The molecular weight excluding hydrogens is 278 g/mol. The number of hydrogen-bond acceptors (Lipinski definition) is 5. The van der Waals surface area contributed by atoms with Gasteiger partial charge in [0.1, 0.15) is 16.4 Å². The van der Waals surface area contributed by atoms with Crippen LogP contribution in [0, 0.1) is 6.92 Å². The minimum Gasteiger partial charge on any atom is -0.464 e. The Balaban J connectivity index is 2.84. The van der Waals surface area contributed by atoms with Crippen molar-refractivity contribution in [3.05, 3.63) is 17.6 Å². The Morgan fingerprint density at radius 1 is 1.40 bits per heavy atom. The first-order valence-corrected chi connectivity index (χ1v) is 8.21. The normalized spacial score (nSPS) is 13.9. The molecule has 0 aliphatic heterocycles. The largest absolute Gasteiger partial charge is 0.464 e. The second kappa shape index (κ2) is 7.21.